The second-order valence-electron chi connectivity index (χ2n) is 7.85. The summed E-state index contributed by atoms with van der Waals surface area (Å²) in [7, 11) is 1.66. The molecule has 6 heteroatoms. The number of para-hydroxylation sites is 2. The molecule has 3 aromatic rings. The van der Waals surface area contributed by atoms with E-state index >= 15 is 0 Å². The third-order valence-corrected chi connectivity index (χ3v) is 5.66. The minimum absolute atomic E-state index is 0.0953. The molecule has 1 N–H and O–H groups in total. The number of aliphatic hydroxyl groups is 1. The molecular weight excluding hydrogens is 404 g/mol. The van der Waals surface area contributed by atoms with Crippen LogP contribution in [0.2, 0.25) is 0 Å². The Labute approximate surface area is 186 Å². The van der Waals surface area contributed by atoms with Crippen LogP contribution in [0.3, 0.4) is 0 Å². The van der Waals surface area contributed by atoms with Gasteiger partial charge in [-0.3, -0.25) is 14.7 Å². The molecule has 0 bridgehead atoms. The van der Waals surface area contributed by atoms with Gasteiger partial charge >= 0.3 is 5.91 Å². The zero-order chi connectivity index (χ0) is 22.3. The lowest BCUT2D eigenvalue weighted by Crippen LogP contribution is -2.60. The van der Waals surface area contributed by atoms with E-state index in [4.69, 9.17) is 9.47 Å². The Kier molecular flexibility index (Phi) is 4.79. The number of likely N-dealkylation sites (N-methyl/N-ethyl adjacent to an activating group) is 1. The van der Waals surface area contributed by atoms with Gasteiger partial charge in [-0.1, -0.05) is 30.3 Å². The van der Waals surface area contributed by atoms with Crippen molar-refractivity contribution in [2.45, 2.75) is 19.4 Å². The largest absolute Gasteiger partial charge is 0.431 e. The second-order valence-corrected chi connectivity index (χ2v) is 7.85. The van der Waals surface area contributed by atoms with Crippen LogP contribution in [-0.4, -0.2) is 35.1 Å². The van der Waals surface area contributed by atoms with Crippen molar-refractivity contribution in [3.05, 3.63) is 94.6 Å². The first kappa shape index (κ1) is 20.0. The summed E-state index contributed by atoms with van der Waals surface area (Å²) in [6, 6.07) is 18.5. The highest BCUT2D eigenvalue weighted by Gasteiger charge is 2.47. The quantitative estimate of drug-likeness (QED) is 0.628. The highest BCUT2D eigenvalue weighted by Crippen LogP contribution is 2.41. The fraction of sp³-hybridized carbons (Fsp3) is 0.154. The third kappa shape index (κ3) is 3.25. The average Bonchev–Trinajstić information content (AvgIpc) is 2.81. The van der Waals surface area contributed by atoms with Gasteiger partial charge in [-0.25, -0.2) is 0 Å². The van der Waals surface area contributed by atoms with Crippen molar-refractivity contribution in [2.75, 3.05) is 7.05 Å². The molecule has 0 saturated heterocycles. The monoisotopic (exact) mass is 426 g/mol. The molecule has 0 saturated carbocycles. The lowest BCUT2D eigenvalue weighted by molar-refractivity contribution is -0.166. The van der Waals surface area contributed by atoms with Crippen LogP contribution in [0.15, 0.2) is 71.7 Å². The topological polar surface area (TPSA) is 71.4 Å². The van der Waals surface area contributed by atoms with E-state index in [0.717, 1.165) is 22.3 Å². The number of nitrogens with zero attached hydrogens (tertiary/aromatic N) is 2. The Morgan fingerprint density at radius 2 is 1.88 bits per heavy atom. The van der Waals surface area contributed by atoms with E-state index in [1.54, 1.807) is 37.5 Å². The van der Waals surface area contributed by atoms with Crippen LogP contribution in [-0.2, 0) is 6.61 Å². The average molecular weight is 426 g/mol. The van der Waals surface area contributed by atoms with Crippen molar-refractivity contribution >= 4 is 23.9 Å². The SMILES string of the molecule is Cc1cc2c(c(C=Nc3ccccc3CO)c1)OC1(C=C2)Oc2ccccc2C(=O)N1C. The molecule has 32 heavy (non-hydrogen) atoms. The maximum atomic E-state index is 13.0. The van der Waals surface area contributed by atoms with Gasteiger partial charge in [0.25, 0.3) is 5.91 Å². The van der Waals surface area contributed by atoms with Crippen LogP contribution in [0.25, 0.3) is 6.08 Å². The van der Waals surface area contributed by atoms with E-state index in [0.29, 0.717) is 22.7 Å². The van der Waals surface area contributed by atoms with Crippen LogP contribution in [0, 0.1) is 6.92 Å². The summed E-state index contributed by atoms with van der Waals surface area (Å²) in [4.78, 5) is 19.0. The molecule has 1 spiro atoms. The van der Waals surface area contributed by atoms with E-state index in [-0.39, 0.29) is 12.5 Å². The van der Waals surface area contributed by atoms with Crippen LogP contribution < -0.4 is 9.47 Å². The number of amides is 1. The lowest BCUT2D eigenvalue weighted by Gasteiger charge is -2.44. The molecule has 2 aliphatic rings. The van der Waals surface area contributed by atoms with Crippen LogP contribution in [0.1, 0.15) is 32.6 Å². The van der Waals surface area contributed by atoms with Crippen molar-refractivity contribution < 1.29 is 19.4 Å². The summed E-state index contributed by atoms with van der Waals surface area (Å²) in [5, 5.41) is 9.59. The Balaban J connectivity index is 1.57. The van der Waals surface area contributed by atoms with Gasteiger partial charge in [0, 0.05) is 36.0 Å². The first-order chi connectivity index (χ1) is 15.5. The number of aryl methyl sites for hydroxylation is 1. The van der Waals surface area contributed by atoms with Gasteiger partial charge < -0.3 is 14.6 Å². The fourth-order valence-corrected chi connectivity index (χ4v) is 3.97. The van der Waals surface area contributed by atoms with E-state index in [9.17, 15) is 9.90 Å². The Hall–Kier alpha value is -3.90. The molecule has 3 aromatic carbocycles. The maximum absolute atomic E-state index is 13.0. The molecule has 160 valence electrons. The summed E-state index contributed by atoms with van der Waals surface area (Å²) in [5.41, 5.74) is 4.58. The summed E-state index contributed by atoms with van der Waals surface area (Å²) in [6.45, 7) is 1.91. The summed E-state index contributed by atoms with van der Waals surface area (Å²) < 4.78 is 12.6. The molecule has 5 rings (SSSR count). The molecule has 2 heterocycles. The van der Waals surface area contributed by atoms with Crippen LogP contribution in [0.5, 0.6) is 11.5 Å². The lowest BCUT2D eigenvalue weighted by atomic mass is 10.0. The zero-order valence-corrected chi connectivity index (χ0v) is 17.8. The number of rotatable bonds is 3. The molecule has 0 aromatic heterocycles. The number of carbonyl (C=O) groups is 1. The van der Waals surface area contributed by atoms with Crippen molar-refractivity contribution in [1.29, 1.82) is 0 Å². The summed E-state index contributed by atoms with van der Waals surface area (Å²) in [5.74, 6) is -0.524. The molecule has 1 amide bonds. The number of hydrogen-bond donors (Lipinski definition) is 1. The molecule has 1 unspecified atom stereocenters. The fourth-order valence-electron chi connectivity index (χ4n) is 3.97. The van der Waals surface area contributed by atoms with Gasteiger partial charge in [-0.15, -0.1) is 0 Å². The minimum atomic E-state index is -1.39. The third-order valence-electron chi connectivity index (χ3n) is 5.66. The maximum Gasteiger partial charge on any atom is 0.362 e. The molecule has 0 aliphatic carbocycles. The van der Waals surface area contributed by atoms with E-state index in [1.165, 1.54) is 4.90 Å². The number of aliphatic imine (C=N–C) groups is 1. The second kappa shape index (κ2) is 7.66. The van der Waals surface area contributed by atoms with E-state index < -0.39 is 5.91 Å². The van der Waals surface area contributed by atoms with E-state index in [1.807, 2.05) is 55.5 Å². The van der Waals surface area contributed by atoms with Crippen molar-refractivity contribution in [3.63, 3.8) is 0 Å². The van der Waals surface area contributed by atoms with Crippen molar-refractivity contribution in [3.8, 4) is 11.5 Å². The normalized spacial score (nSPS) is 19.0. The van der Waals surface area contributed by atoms with Gasteiger partial charge in [0.15, 0.2) is 0 Å². The first-order valence-electron chi connectivity index (χ1n) is 10.3. The molecule has 0 fully saturated rings. The number of aliphatic hydroxyl groups excluding tert-OH is 1. The molecule has 2 aliphatic heterocycles. The Morgan fingerprint density at radius 1 is 1.09 bits per heavy atom. The molecule has 1 atom stereocenters. The van der Waals surface area contributed by atoms with Crippen molar-refractivity contribution in [1.82, 2.24) is 4.90 Å². The summed E-state index contributed by atoms with van der Waals surface area (Å²) in [6.07, 6.45) is 5.37. The number of carbonyl (C=O) groups excluding carboxylic acids is 1. The van der Waals surface area contributed by atoms with Gasteiger partial charge in [0.2, 0.25) is 0 Å². The molecule has 6 nitrogen and oxygen atoms in total. The number of benzene rings is 3. The first-order valence-corrected chi connectivity index (χ1v) is 10.3. The van der Waals surface area contributed by atoms with Gasteiger partial charge in [0.05, 0.1) is 17.9 Å². The Bertz CT molecular complexity index is 1280. The number of fused-ring (bicyclic) bond motifs is 2. The van der Waals surface area contributed by atoms with Crippen LogP contribution >= 0.6 is 0 Å². The minimum Gasteiger partial charge on any atom is -0.431 e. The standard InChI is InChI=1S/C26H22N2O4/c1-17-13-18-11-12-26(28(2)25(30)21-8-4-6-10-23(21)31-26)32-24(18)20(14-17)15-27-22-9-5-3-7-19(22)16-29/h3-15,29H,16H2,1-2H3. The van der Waals surface area contributed by atoms with Gasteiger partial charge in [-0.2, -0.15) is 0 Å². The molecular formula is C26H22N2O4. The van der Waals surface area contributed by atoms with E-state index in [2.05, 4.69) is 4.99 Å². The zero-order valence-electron chi connectivity index (χ0n) is 17.8. The molecule has 0 radical (unpaired) electrons. The van der Waals surface area contributed by atoms with Crippen molar-refractivity contribution in [2.24, 2.45) is 4.99 Å². The van der Waals surface area contributed by atoms with Gasteiger partial charge in [-0.05, 0) is 48.9 Å². The van der Waals surface area contributed by atoms with Crippen LogP contribution in [0.4, 0.5) is 5.69 Å². The summed E-state index contributed by atoms with van der Waals surface area (Å²) >= 11 is 0. The smallest absolute Gasteiger partial charge is 0.362 e. The predicted octanol–water partition coefficient (Wildman–Crippen LogP) is 4.46. The number of hydrogen-bond acceptors (Lipinski definition) is 5. The highest BCUT2D eigenvalue weighted by atomic mass is 16.7. The van der Waals surface area contributed by atoms with Gasteiger partial charge in [0.1, 0.15) is 11.5 Å². The Morgan fingerprint density at radius 3 is 2.72 bits per heavy atom. The highest BCUT2D eigenvalue weighted by molar-refractivity contribution is 5.98. The predicted molar refractivity (Wildman–Crippen MR) is 122 cm³/mol. The number of ether oxygens (including phenoxy) is 2.